The Morgan fingerprint density at radius 2 is 1.54 bits per heavy atom. The molecule has 0 aliphatic heterocycles. The molecule has 4 aliphatic rings. The van der Waals surface area contributed by atoms with Gasteiger partial charge in [-0.1, -0.05) is 0 Å². The molecule has 0 bridgehead atoms. The van der Waals surface area contributed by atoms with Crippen molar-refractivity contribution in [1.29, 1.82) is 0 Å². The standard InChI is InChI=1S/C13H17.C7H9.C2H6Si.2ClH.Hf/c1-3-7-12-10(5-1)9-11-6-2-4-8-13(11)12;1-6-4-3-5-7(6)2;1-3-2;;;/h1,3,5,7,9-13H,2,4,6,8H2;4H,3H2,1-2H3;1-2H3;2*1H;. The molecular weight excluding hydrogens is 542 g/mol. The third-order valence-electron chi connectivity index (χ3n) is 7.32. The first-order chi connectivity index (χ1) is 11.6. The molecule has 2 saturated carbocycles. The quantitative estimate of drug-likeness (QED) is 0.303. The summed E-state index contributed by atoms with van der Waals surface area (Å²) in [4.78, 5) is 0. The van der Waals surface area contributed by atoms with E-state index in [2.05, 4.69) is 57.3 Å². The van der Waals surface area contributed by atoms with Crippen LogP contribution in [0.4, 0.5) is 0 Å². The molecule has 0 N–H and O–H groups in total. The fraction of sp³-hybridized carbons (Fsp3) is 0.636. The van der Waals surface area contributed by atoms with Crippen LogP contribution in [-0.2, 0) is 20.1 Å². The van der Waals surface area contributed by atoms with Crippen molar-refractivity contribution < 1.29 is 20.1 Å². The third kappa shape index (κ3) is 3.87. The van der Waals surface area contributed by atoms with Gasteiger partial charge in [0.05, 0.1) is 0 Å². The first kappa shape index (κ1) is 22.9. The van der Waals surface area contributed by atoms with E-state index in [1.54, 1.807) is 17.6 Å². The summed E-state index contributed by atoms with van der Waals surface area (Å²) >= 11 is -1.77. The van der Waals surface area contributed by atoms with Crippen molar-refractivity contribution >= 4 is 30.3 Å². The Morgan fingerprint density at radius 3 is 2.12 bits per heavy atom. The van der Waals surface area contributed by atoms with E-state index in [0.29, 0.717) is 0 Å². The van der Waals surface area contributed by atoms with Crippen LogP contribution in [0.5, 0.6) is 0 Å². The molecule has 0 heterocycles. The summed E-state index contributed by atoms with van der Waals surface area (Å²) < 4.78 is 3.16. The zero-order valence-corrected chi connectivity index (χ0v) is 22.9. The van der Waals surface area contributed by atoms with E-state index in [1.165, 1.54) is 25.7 Å². The minimum absolute atomic E-state index is 0. The van der Waals surface area contributed by atoms with Gasteiger partial charge in [0.15, 0.2) is 0 Å². The number of hydrogen-bond donors (Lipinski definition) is 0. The van der Waals surface area contributed by atoms with E-state index in [1.807, 2.05) is 3.33 Å². The molecule has 0 radical (unpaired) electrons. The Hall–Kier alpha value is 0.627. The van der Waals surface area contributed by atoms with Crippen LogP contribution < -0.4 is 0 Å². The van der Waals surface area contributed by atoms with E-state index < -0.39 is 20.1 Å². The van der Waals surface area contributed by atoms with Crippen molar-refractivity contribution in [2.45, 2.75) is 62.7 Å². The second-order valence-corrected chi connectivity index (χ2v) is 33.4. The fourth-order valence-corrected chi connectivity index (χ4v) is 37.2. The van der Waals surface area contributed by atoms with Gasteiger partial charge in [-0.15, -0.1) is 24.8 Å². The van der Waals surface area contributed by atoms with Crippen molar-refractivity contribution in [1.82, 2.24) is 0 Å². The molecule has 4 aliphatic carbocycles. The van der Waals surface area contributed by atoms with Crippen molar-refractivity contribution in [3.05, 3.63) is 44.9 Å². The molecular formula is C22H34Cl2HfSi. The Bertz CT molecular complexity index is 697. The van der Waals surface area contributed by atoms with Gasteiger partial charge in [-0.3, -0.25) is 0 Å². The molecule has 2 fully saturated rings. The van der Waals surface area contributed by atoms with Crippen LogP contribution in [0.3, 0.4) is 0 Å². The molecule has 0 nitrogen and oxygen atoms in total. The molecule has 0 aromatic heterocycles. The van der Waals surface area contributed by atoms with Gasteiger partial charge in [-0.2, -0.15) is 0 Å². The van der Waals surface area contributed by atoms with Crippen LogP contribution in [0.2, 0.25) is 16.8 Å². The van der Waals surface area contributed by atoms with Gasteiger partial charge in [0.25, 0.3) is 0 Å². The average Bonchev–Trinajstić information content (AvgIpc) is 3.08. The molecule has 0 saturated heterocycles. The SMILES string of the molecule is CC1=CC[C]([Hf]([CH]2C3C=CC=CC3C3CCCCC32)=[Si](C)C)=C1C.Cl.Cl. The molecule has 0 spiro atoms. The Labute approximate surface area is 180 Å². The third-order valence-corrected chi connectivity index (χ3v) is 34.9. The van der Waals surface area contributed by atoms with Gasteiger partial charge < -0.3 is 0 Å². The van der Waals surface area contributed by atoms with Crippen LogP contribution in [-0.4, -0.2) is 5.49 Å². The van der Waals surface area contributed by atoms with E-state index in [-0.39, 0.29) is 30.3 Å². The molecule has 5 unspecified atom stereocenters. The van der Waals surface area contributed by atoms with E-state index in [4.69, 9.17) is 0 Å². The number of fused-ring (bicyclic) bond motifs is 3. The molecule has 4 rings (SSSR count). The Morgan fingerprint density at radius 1 is 0.923 bits per heavy atom. The molecule has 0 aromatic carbocycles. The predicted molar refractivity (Wildman–Crippen MR) is 118 cm³/mol. The van der Waals surface area contributed by atoms with Gasteiger partial charge >= 0.3 is 157 Å². The van der Waals surface area contributed by atoms with Gasteiger partial charge in [0, 0.05) is 0 Å². The summed E-state index contributed by atoms with van der Waals surface area (Å²) in [6, 6.07) is 0. The second-order valence-electron chi connectivity index (χ2n) is 8.67. The summed E-state index contributed by atoms with van der Waals surface area (Å²) in [7, 11) is 0. The average molecular weight is 576 g/mol. The first-order valence-electron chi connectivity index (χ1n) is 9.99. The molecule has 0 amide bonds. The van der Waals surface area contributed by atoms with E-state index in [0.717, 1.165) is 27.3 Å². The maximum Gasteiger partial charge on any atom is -0.147 e. The van der Waals surface area contributed by atoms with Gasteiger partial charge in [-0.25, -0.2) is 0 Å². The summed E-state index contributed by atoms with van der Waals surface area (Å²) in [5, 5.41) is 0. The predicted octanol–water partition coefficient (Wildman–Crippen LogP) is 7.29. The largest absolute Gasteiger partial charge is 0.147 e. The van der Waals surface area contributed by atoms with E-state index >= 15 is 0 Å². The molecule has 4 heteroatoms. The summed E-state index contributed by atoms with van der Waals surface area (Å²) in [6.45, 7) is 10.2. The number of allylic oxidation sites excluding steroid dienone is 8. The van der Waals surface area contributed by atoms with Crippen molar-refractivity contribution in [2.75, 3.05) is 0 Å². The van der Waals surface area contributed by atoms with Crippen LogP contribution in [0.25, 0.3) is 0 Å². The monoisotopic (exact) mass is 576 g/mol. The second kappa shape index (κ2) is 9.42. The summed E-state index contributed by atoms with van der Waals surface area (Å²) in [6.07, 6.45) is 19.9. The minimum atomic E-state index is -1.77. The van der Waals surface area contributed by atoms with Gasteiger partial charge in [0.1, 0.15) is 0 Å². The number of rotatable bonds is 2. The number of halogens is 2. The van der Waals surface area contributed by atoms with Crippen molar-refractivity contribution in [2.24, 2.45) is 23.7 Å². The molecule has 144 valence electrons. The molecule has 26 heavy (non-hydrogen) atoms. The van der Waals surface area contributed by atoms with Crippen molar-refractivity contribution in [3.63, 3.8) is 0 Å². The van der Waals surface area contributed by atoms with Gasteiger partial charge in [0.2, 0.25) is 0 Å². The van der Waals surface area contributed by atoms with E-state index in [9.17, 15) is 0 Å². The summed E-state index contributed by atoms with van der Waals surface area (Å²) in [5.74, 6) is 3.89. The van der Waals surface area contributed by atoms with Crippen LogP contribution in [0, 0.1) is 23.7 Å². The van der Waals surface area contributed by atoms with Crippen LogP contribution in [0.1, 0.15) is 46.0 Å². The molecule has 0 aromatic rings. The van der Waals surface area contributed by atoms with Gasteiger partial charge in [-0.05, 0) is 0 Å². The summed E-state index contributed by atoms with van der Waals surface area (Å²) in [5.41, 5.74) is 3.20. The topological polar surface area (TPSA) is 0 Å². The van der Waals surface area contributed by atoms with Crippen molar-refractivity contribution in [3.8, 4) is 0 Å². The minimum Gasteiger partial charge on any atom is -0.147 e. The van der Waals surface area contributed by atoms with Crippen LogP contribution in [0.15, 0.2) is 44.9 Å². The Balaban J connectivity index is 0.00000121. The smallest absolute Gasteiger partial charge is 0.147 e. The fourth-order valence-electron chi connectivity index (χ4n) is 6.18. The normalized spacial score (nSPS) is 34.5. The zero-order valence-electron chi connectivity index (χ0n) is 16.6. The molecule has 5 atom stereocenters. The van der Waals surface area contributed by atoms with Crippen LogP contribution >= 0.6 is 24.8 Å². The first-order valence-corrected chi connectivity index (χ1v) is 21.7. The maximum atomic E-state index is 2.67. The zero-order chi connectivity index (χ0) is 16.8. The number of hydrogen-bond acceptors (Lipinski definition) is 0. The Kier molecular flexibility index (Phi) is 8.30. The maximum absolute atomic E-state index is 2.67.